The Kier molecular flexibility index (Phi) is 3.30. The molecule has 3 aromatic rings. The molecular weight excluding hydrogens is 352 g/mol. The van der Waals surface area contributed by atoms with Gasteiger partial charge < -0.3 is 9.47 Å². The molecule has 0 amide bonds. The van der Waals surface area contributed by atoms with Crippen molar-refractivity contribution in [2.45, 2.75) is 39.7 Å². The third-order valence-electron chi connectivity index (χ3n) is 6.04. The lowest BCUT2D eigenvalue weighted by atomic mass is 9.80. The molecular formula is C24H20O4. The van der Waals surface area contributed by atoms with Crippen LogP contribution in [0.1, 0.15) is 53.4 Å². The molecule has 1 aliphatic heterocycles. The second kappa shape index (κ2) is 5.44. The fraction of sp³-hybridized carbons (Fsp3) is 0.250. The van der Waals surface area contributed by atoms with Crippen LogP contribution >= 0.6 is 0 Å². The van der Waals surface area contributed by atoms with Gasteiger partial charge in [0.25, 0.3) is 0 Å². The van der Waals surface area contributed by atoms with E-state index in [1.54, 1.807) is 0 Å². The summed E-state index contributed by atoms with van der Waals surface area (Å²) < 4.78 is 11.0. The molecule has 0 atom stereocenters. The summed E-state index contributed by atoms with van der Waals surface area (Å²) in [5.74, 6) is -0.0139. The molecule has 1 aliphatic carbocycles. The summed E-state index contributed by atoms with van der Waals surface area (Å²) in [5, 5.41) is 1.91. The first-order valence-corrected chi connectivity index (χ1v) is 9.39. The van der Waals surface area contributed by atoms with E-state index in [1.807, 2.05) is 31.2 Å². The van der Waals surface area contributed by atoms with Gasteiger partial charge in [-0.15, -0.1) is 0 Å². The Hall–Kier alpha value is -3.14. The lowest BCUT2D eigenvalue weighted by molar-refractivity contribution is -0.131. The molecule has 0 saturated heterocycles. The Morgan fingerprint density at radius 1 is 1.04 bits per heavy atom. The van der Waals surface area contributed by atoms with E-state index >= 15 is 0 Å². The maximum atomic E-state index is 12.3. The quantitative estimate of drug-likeness (QED) is 0.443. The Morgan fingerprint density at radius 3 is 2.43 bits per heavy atom. The van der Waals surface area contributed by atoms with Crippen LogP contribution in [0.15, 0.2) is 36.4 Å². The lowest BCUT2D eigenvalue weighted by Gasteiger charge is -2.23. The van der Waals surface area contributed by atoms with Crippen LogP contribution in [0, 0.1) is 6.92 Å². The number of benzene rings is 3. The van der Waals surface area contributed by atoms with Crippen molar-refractivity contribution < 1.29 is 19.1 Å². The zero-order valence-corrected chi connectivity index (χ0v) is 16.3. The maximum Gasteiger partial charge on any atom is 0.339 e. The number of esters is 2. The van der Waals surface area contributed by atoms with Crippen molar-refractivity contribution in [3.05, 3.63) is 64.2 Å². The van der Waals surface area contributed by atoms with Crippen LogP contribution in [0.3, 0.4) is 0 Å². The van der Waals surface area contributed by atoms with Gasteiger partial charge in [0.15, 0.2) is 0 Å². The molecule has 0 fully saturated rings. The van der Waals surface area contributed by atoms with Crippen LogP contribution in [0.5, 0.6) is 5.75 Å². The molecule has 140 valence electrons. The summed E-state index contributed by atoms with van der Waals surface area (Å²) in [5.41, 5.74) is 6.81. The van der Waals surface area contributed by atoms with Gasteiger partial charge in [-0.3, -0.25) is 4.79 Å². The highest BCUT2D eigenvalue weighted by molar-refractivity contribution is 6.09. The lowest BCUT2D eigenvalue weighted by Crippen LogP contribution is -2.16. The van der Waals surface area contributed by atoms with Gasteiger partial charge >= 0.3 is 11.9 Å². The standard InChI is InChI=1S/C24H20O4/c1-12-9-17-22(16-11-27-23(26)20(12)16)21-15-8-6-5-7-14(15)19(28-13(2)25)10-18(21)24(17,3)4/h5-10H,11H2,1-4H3. The van der Waals surface area contributed by atoms with E-state index in [4.69, 9.17) is 9.47 Å². The van der Waals surface area contributed by atoms with Gasteiger partial charge in [-0.25, -0.2) is 4.79 Å². The van der Waals surface area contributed by atoms with E-state index in [9.17, 15) is 9.59 Å². The summed E-state index contributed by atoms with van der Waals surface area (Å²) >= 11 is 0. The summed E-state index contributed by atoms with van der Waals surface area (Å²) in [7, 11) is 0. The van der Waals surface area contributed by atoms with Crippen molar-refractivity contribution in [2.24, 2.45) is 0 Å². The third-order valence-corrected chi connectivity index (χ3v) is 6.04. The number of fused-ring (bicyclic) bond motifs is 7. The zero-order chi connectivity index (χ0) is 19.8. The fourth-order valence-corrected chi connectivity index (χ4v) is 4.79. The van der Waals surface area contributed by atoms with Crippen molar-refractivity contribution in [1.82, 2.24) is 0 Å². The van der Waals surface area contributed by atoms with Crippen molar-refractivity contribution in [2.75, 3.05) is 0 Å². The third kappa shape index (κ3) is 2.06. The van der Waals surface area contributed by atoms with Gasteiger partial charge in [-0.2, -0.15) is 0 Å². The van der Waals surface area contributed by atoms with Crippen LogP contribution in [0.25, 0.3) is 21.9 Å². The minimum absolute atomic E-state index is 0.248. The first-order chi connectivity index (χ1) is 13.3. The van der Waals surface area contributed by atoms with Gasteiger partial charge in [0.2, 0.25) is 0 Å². The van der Waals surface area contributed by atoms with Crippen LogP contribution < -0.4 is 4.74 Å². The average molecular weight is 372 g/mol. The molecule has 0 bridgehead atoms. The molecule has 4 heteroatoms. The summed E-state index contributed by atoms with van der Waals surface area (Å²) in [6.45, 7) is 8.03. The topological polar surface area (TPSA) is 52.6 Å². The van der Waals surface area contributed by atoms with E-state index in [1.165, 1.54) is 12.5 Å². The predicted molar refractivity (Wildman–Crippen MR) is 107 cm³/mol. The van der Waals surface area contributed by atoms with Crippen LogP contribution in [-0.4, -0.2) is 11.9 Å². The normalized spacial score (nSPS) is 15.8. The molecule has 4 nitrogen and oxygen atoms in total. The molecule has 28 heavy (non-hydrogen) atoms. The van der Waals surface area contributed by atoms with Gasteiger partial charge in [0.05, 0.1) is 5.56 Å². The molecule has 0 radical (unpaired) electrons. The van der Waals surface area contributed by atoms with Gasteiger partial charge in [-0.1, -0.05) is 44.2 Å². The molecule has 0 spiro atoms. The number of aryl methyl sites for hydroxylation is 1. The number of ether oxygens (including phenoxy) is 2. The molecule has 3 aromatic carbocycles. The number of cyclic esters (lactones) is 1. The maximum absolute atomic E-state index is 12.3. The number of hydrogen-bond donors (Lipinski definition) is 0. The first-order valence-electron chi connectivity index (χ1n) is 9.39. The number of rotatable bonds is 1. The van der Waals surface area contributed by atoms with Crippen LogP contribution in [-0.2, 0) is 21.6 Å². The van der Waals surface area contributed by atoms with E-state index in [2.05, 4.69) is 26.0 Å². The highest BCUT2D eigenvalue weighted by atomic mass is 16.5. The van der Waals surface area contributed by atoms with Crippen molar-refractivity contribution in [1.29, 1.82) is 0 Å². The first kappa shape index (κ1) is 17.0. The minimum Gasteiger partial charge on any atom is -0.457 e. The van der Waals surface area contributed by atoms with Crippen molar-refractivity contribution in [3.8, 4) is 16.9 Å². The molecule has 0 aromatic heterocycles. The van der Waals surface area contributed by atoms with Gasteiger partial charge in [0.1, 0.15) is 12.4 Å². The molecule has 2 aliphatic rings. The van der Waals surface area contributed by atoms with Crippen molar-refractivity contribution in [3.63, 3.8) is 0 Å². The molecule has 0 saturated carbocycles. The van der Waals surface area contributed by atoms with E-state index in [-0.39, 0.29) is 17.4 Å². The fourth-order valence-electron chi connectivity index (χ4n) is 4.79. The highest BCUT2D eigenvalue weighted by Crippen LogP contribution is 2.56. The second-order valence-electron chi connectivity index (χ2n) is 8.11. The molecule has 0 N–H and O–H groups in total. The molecule has 1 heterocycles. The SMILES string of the molecule is CC(=O)Oc1cc2c(c3ccccc13)-c1c(cc(C)c3c1COC3=O)C2(C)C. The Balaban J connectivity index is 1.95. The largest absolute Gasteiger partial charge is 0.457 e. The smallest absolute Gasteiger partial charge is 0.339 e. The Morgan fingerprint density at radius 2 is 1.71 bits per heavy atom. The Bertz CT molecular complexity index is 1220. The minimum atomic E-state index is -0.339. The van der Waals surface area contributed by atoms with E-state index < -0.39 is 0 Å². The molecule has 5 rings (SSSR count). The van der Waals surface area contributed by atoms with Gasteiger partial charge in [-0.05, 0) is 46.2 Å². The predicted octanol–water partition coefficient (Wildman–Crippen LogP) is 5.05. The number of carbonyl (C=O) groups excluding carboxylic acids is 2. The summed E-state index contributed by atoms with van der Waals surface area (Å²) in [4.78, 5) is 24.0. The summed E-state index contributed by atoms with van der Waals surface area (Å²) in [6.07, 6.45) is 0. The summed E-state index contributed by atoms with van der Waals surface area (Å²) in [6, 6.07) is 12.0. The van der Waals surface area contributed by atoms with Crippen LogP contribution in [0.4, 0.5) is 0 Å². The molecule has 0 unspecified atom stereocenters. The van der Waals surface area contributed by atoms with Gasteiger partial charge in [0, 0.05) is 23.3 Å². The van der Waals surface area contributed by atoms with E-state index in [0.29, 0.717) is 17.9 Å². The second-order valence-corrected chi connectivity index (χ2v) is 8.11. The van der Waals surface area contributed by atoms with Crippen LogP contribution in [0.2, 0.25) is 0 Å². The zero-order valence-electron chi connectivity index (χ0n) is 16.3. The van der Waals surface area contributed by atoms with E-state index in [0.717, 1.165) is 38.6 Å². The highest BCUT2D eigenvalue weighted by Gasteiger charge is 2.42. The average Bonchev–Trinajstić information content (AvgIpc) is 3.13. The number of hydrogen-bond acceptors (Lipinski definition) is 4. The number of carbonyl (C=O) groups is 2. The monoisotopic (exact) mass is 372 g/mol. The Labute approximate surface area is 163 Å². The van der Waals surface area contributed by atoms with Crippen molar-refractivity contribution >= 4 is 22.7 Å².